The van der Waals surface area contributed by atoms with Gasteiger partial charge in [-0.25, -0.2) is 0 Å². The average Bonchev–Trinajstić information content (AvgIpc) is 1.64. The summed E-state index contributed by atoms with van der Waals surface area (Å²) in [7, 11) is -3.90. The van der Waals surface area contributed by atoms with Gasteiger partial charge in [-0.3, -0.25) is 4.55 Å². The topological polar surface area (TPSA) is 54.4 Å². The van der Waals surface area contributed by atoms with Crippen molar-refractivity contribution in [2.24, 2.45) is 0 Å². The smallest absolute Gasteiger partial charge is 0.282 e. The highest BCUT2D eigenvalue weighted by molar-refractivity contribution is 7.89. The monoisotopic (exact) mass is 150 g/mol. The molecule has 1 N–H and O–H groups in total. The lowest BCUT2D eigenvalue weighted by molar-refractivity contribution is 0.491. The Hall–Kier alpha value is -0.350. The van der Waals surface area contributed by atoms with Crippen LogP contribution in [0.1, 0.15) is 20.3 Å². The van der Waals surface area contributed by atoms with Crippen molar-refractivity contribution < 1.29 is 13.0 Å². The maximum absolute atomic E-state index is 10.2. The predicted octanol–water partition coefficient (Wildman–Crippen LogP) is 1.19. The van der Waals surface area contributed by atoms with Gasteiger partial charge in [0.25, 0.3) is 10.1 Å². The molecule has 4 heteroatoms. The Labute approximate surface area is 55.1 Å². The summed E-state index contributed by atoms with van der Waals surface area (Å²) in [5, 5.41) is 0. The highest BCUT2D eigenvalue weighted by Gasteiger charge is 2.04. The van der Waals surface area contributed by atoms with Gasteiger partial charge in [-0.1, -0.05) is 13.0 Å². The molecule has 0 radical (unpaired) electrons. The summed E-state index contributed by atoms with van der Waals surface area (Å²) in [5.74, 6) is 0. The summed E-state index contributed by atoms with van der Waals surface area (Å²) in [5.41, 5.74) is 0. The second kappa shape index (κ2) is 2.98. The summed E-state index contributed by atoms with van der Waals surface area (Å²) >= 11 is 0. The third-order valence-corrected chi connectivity index (χ3v) is 1.88. The third-order valence-electron chi connectivity index (χ3n) is 0.898. The zero-order valence-corrected chi connectivity index (χ0v) is 6.27. The fourth-order valence-electron chi connectivity index (χ4n) is 0.393. The average molecular weight is 150 g/mol. The molecule has 3 nitrogen and oxygen atoms in total. The summed E-state index contributed by atoms with van der Waals surface area (Å²) in [6.45, 7) is 3.16. The van der Waals surface area contributed by atoms with Crippen LogP contribution in [-0.4, -0.2) is 13.0 Å². The van der Waals surface area contributed by atoms with Crippen molar-refractivity contribution in [3.05, 3.63) is 11.0 Å². The van der Waals surface area contributed by atoms with E-state index in [4.69, 9.17) is 4.55 Å². The number of hydrogen-bond acceptors (Lipinski definition) is 2. The molecular weight excluding hydrogens is 140 g/mol. The van der Waals surface area contributed by atoms with Gasteiger partial charge in [0.15, 0.2) is 0 Å². The van der Waals surface area contributed by atoms with E-state index in [2.05, 4.69) is 0 Å². The summed E-state index contributed by atoms with van der Waals surface area (Å²) < 4.78 is 28.7. The lowest BCUT2D eigenvalue weighted by Gasteiger charge is -1.91. The lowest BCUT2D eigenvalue weighted by atomic mass is 10.4. The van der Waals surface area contributed by atoms with Crippen LogP contribution in [0.4, 0.5) is 0 Å². The molecule has 0 spiro atoms. The van der Waals surface area contributed by atoms with Crippen molar-refractivity contribution >= 4 is 10.1 Å². The predicted molar refractivity (Wildman–Crippen MR) is 35.6 cm³/mol. The molecule has 0 heterocycles. The van der Waals surface area contributed by atoms with E-state index >= 15 is 0 Å². The van der Waals surface area contributed by atoms with Crippen LogP contribution in [0.2, 0.25) is 0 Å². The van der Waals surface area contributed by atoms with Gasteiger partial charge >= 0.3 is 0 Å². The summed E-state index contributed by atoms with van der Waals surface area (Å²) in [4.78, 5) is 0.0185. The first-order chi connectivity index (χ1) is 3.98. The molecule has 0 aromatic carbocycles. The minimum absolute atomic E-state index is 0.0185. The number of allylic oxidation sites excluding steroid dienone is 2. The van der Waals surface area contributed by atoms with Crippen molar-refractivity contribution in [1.29, 1.82) is 0 Å². The Balaban J connectivity index is 4.41. The molecule has 0 atom stereocenters. The first-order valence-electron chi connectivity index (χ1n) is 2.62. The van der Waals surface area contributed by atoms with Crippen molar-refractivity contribution in [3.8, 4) is 0 Å². The SMILES string of the molecule is CC/C=C(/C)S(=O)(=O)O. The van der Waals surface area contributed by atoms with Crippen molar-refractivity contribution in [2.45, 2.75) is 20.3 Å². The normalized spacial score (nSPS) is 13.9. The Morgan fingerprint density at radius 3 is 2.22 bits per heavy atom. The minimum atomic E-state index is -3.90. The molecule has 0 aliphatic rings. The van der Waals surface area contributed by atoms with Crippen LogP contribution in [0, 0.1) is 0 Å². The van der Waals surface area contributed by atoms with Gasteiger partial charge in [0.2, 0.25) is 0 Å². The number of rotatable bonds is 2. The van der Waals surface area contributed by atoms with E-state index in [1.165, 1.54) is 13.0 Å². The Kier molecular flexibility index (Phi) is 2.87. The molecular formula is C5H10O3S. The molecule has 0 aliphatic carbocycles. The van der Waals surface area contributed by atoms with Gasteiger partial charge in [0.05, 0.1) is 4.91 Å². The van der Waals surface area contributed by atoms with Crippen molar-refractivity contribution in [2.75, 3.05) is 0 Å². The van der Waals surface area contributed by atoms with Crippen LogP contribution in [0.5, 0.6) is 0 Å². The first kappa shape index (κ1) is 8.65. The summed E-state index contributed by atoms with van der Waals surface area (Å²) in [6.07, 6.45) is 2.07. The molecule has 0 saturated carbocycles. The van der Waals surface area contributed by atoms with Gasteiger partial charge in [-0.05, 0) is 13.3 Å². The van der Waals surface area contributed by atoms with Crippen LogP contribution in [0.3, 0.4) is 0 Å². The Bertz CT molecular complexity index is 200. The quantitative estimate of drug-likeness (QED) is 0.601. The maximum Gasteiger partial charge on any atom is 0.290 e. The van der Waals surface area contributed by atoms with Crippen LogP contribution < -0.4 is 0 Å². The van der Waals surface area contributed by atoms with Crippen LogP contribution in [-0.2, 0) is 10.1 Å². The van der Waals surface area contributed by atoms with Gasteiger partial charge < -0.3 is 0 Å². The highest BCUT2D eigenvalue weighted by Crippen LogP contribution is 2.02. The van der Waals surface area contributed by atoms with E-state index in [1.54, 1.807) is 6.92 Å². The van der Waals surface area contributed by atoms with E-state index in [1.807, 2.05) is 0 Å². The van der Waals surface area contributed by atoms with E-state index in [0.29, 0.717) is 6.42 Å². The molecule has 0 rings (SSSR count). The second-order valence-electron chi connectivity index (χ2n) is 1.70. The summed E-state index contributed by atoms with van der Waals surface area (Å²) in [6, 6.07) is 0. The molecule has 0 amide bonds. The maximum atomic E-state index is 10.2. The zero-order valence-electron chi connectivity index (χ0n) is 5.46. The van der Waals surface area contributed by atoms with Crippen molar-refractivity contribution in [1.82, 2.24) is 0 Å². The largest absolute Gasteiger partial charge is 0.290 e. The van der Waals surface area contributed by atoms with E-state index in [0.717, 1.165) is 0 Å². The van der Waals surface area contributed by atoms with E-state index in [-0.39, 0.29) is 4.91 Å². The second-order valence-corrected chi connectivity index (χ2v) is 3.29. The highest BCUT2D eigenvalue weighted by atomic mass is 32.2. The molecule has 9 heavy (non-hydrogen) atoms. The fraction of sp³-hybridized carbons (Fsp3) is 0.600. The van der Waals surface area contributed by atoms with Gasteiger partial charge in [-0.15, -0.1) is 0 Å². The minimum Gasteiger partial charge on any atom is -0.282 e. The van der Waals surface area contributed by atoms with Gasteiger partial charge in [-0.2, -0.15) is 8.42 Å². The van der Waals surface area contributed by atoms with Gasteiger partial charge in [0, 0.05) is 0 Å². The van der Waals surface area contributed by atoms with Crippen LogP contribution in [0.15, 0.2) is 11.0 Å². The molecule has 0 unspecified atom stereocenters. The molecule has 0 saturated heterocycles. The third kappa shape index (κ3) is 3.26. The molecule has 0 aromatic heterocycles. The molecule has 0 fully saturated rings. The van der Waals surface area contributed by atoms with Crippen LogP contribution in [0.25, 0.3) is 0 Å². The molecule has 0 aliphatic heterocycles. The Morgan fingerprint density at radius 1 is 1.67 bits per heavy atom. The van der Waals surface area contributed by atoms with Crippen LogP contribution >= 0.6 is 0 Å². The zero-order chi connectivity index (χ0) is 7.49. The molecule has 54 valence electrons. The molecule has 0 bridgehead atoms. The lowest BCUT2D eigenvalue weighted by Crippen LogP contribution is -1.97. The standard InChI is InChI=1S/C5H10O3S/c1-3-4-5(2)9(6,7)8/h4H,3H2,1-2H3,(H,6,7,8)/b5-4-. The van der Waals surface area contributed by atoms with E-state index in [9.17, 15) is 8.42 Å². The first-order valence-corrected chi connectivity index (χ1v) is 4.06. The Morgan fingerprint density at radius 2 is 2.11 bits per heavy atom. The fourth-order valence-corrected chi connectivity index (χ4v) is 0.770. The van der Waals surface area contributed by atoms with Crippen molar-refractivity contribution in [3.63, 3.8) is 0 Å². The molecule has 0 aromatic rings. The number of hydrogen-bond donors (Lipinski definition) is 1. The van der Waals surface area contributed by atoms with Gasteiger partial charge in [0.1, 0.15) is 0 Å². The van der Waals surface area contributed by atoms with E-state index < -0.39 is 10.1 Å².